The van der Waals surface area contributed by atoms with Crippen molar-refractivity contribution in [1.82, 2.24) is 5.32 Å². The third kappa shape index (κ3) is 37.0. The molecule has 0 aromatic heterocycles. The molecule has 0 aliphatic rings. The maximum Gasteiger partial charge on any atom is 0.0575 e. The smallest absolute Gasteiger partial charge is 0.0575 e. The van der Waals surface area contributed by atoms with Gasteiger partial charge < -0.3 is 10.1 Å². The van der Waals surface area contributed by atoms with Gasteiger partial charge in [-0.15, -0.1) is 0 Å². The van der Waals surface area contributed by atoms with Crippen molar-refractivity contribution in [1.29, 1.82) is 0 Å². The van der Waals surface area contributed by atoms with Crippen molar-refractivity contribution in [2.45, 2.75) is 193 Å². The Labute approximate surface area is 271 Å². The third-order valence-electron chi connectivity index (χ3n) is 8.38. The van der Waals surface area contributed by atoms with Gasteiger partial charge >= 0.3 is 0 Å². The first kappa shape index (κ1) is 41.9. The van der Waals surface area contributed by atoms with Crippen LogP contribution in [0, 0.1) is 0 Å². The van der Waals surface area contributed by atoms with Gasteiger partial charge in [0.15, 0.2) is 0 Å². The minimum atomic E-state index is 0.480. The molecule has 0 saturated heterocycles. The van der Waals surface area contributed by atoms with Gasteiger partial charge in [-0.3, -0.25) is 0 Å². The van der Waals surface area contributed by atoms with Gasteiger partial charge in [0.05, 0.1) is 6.10 Å². The van der Waals surface area contributed by atoms with Crippen LogP contribution in [0.25, 0.3) is 0 Å². The number of unbranched alkanes of at least 4 members (excludes halogenated alkanes) is 18. The van der Waals surface area contributed by atoms with E-state index in [1.165, 1.54) is 154 Å². The van der Waals surface area contributed by atoms with Crippen molar-refractivity contribution in [3.8, 4) is 0 Å². The summed E-state index contributed by atoms with van der Waals surface area (Å²) in [6.07, 6.45) is 54.7. The fourth-order valence-corrected chi connectivity index (χ4v) is 5.53. The molecule has 0 aromatic rings. The van der Waals surface area contributed by atoms with Crippen LogP contribution >= 0.6 is 0 Å². The highest BCUT2D eigenvalue weighted by atomic mass is 16.5. The van der Waals surface area contributed by atoms with Crippen molar-refractivity contribution >= 4 is 0 Å². The molecule has 0 amide bonds. The molecule has 43 heavy (non-hydrogen) atoms. The van der Waals surface area contributed by atoms with Gasteiger partial charge in [-0.25, -0.2) is 0 Å². The molecule has 0 saturated carbocycles. The Morgan fingerprint density at radius 1 is 0.442 bits per heavy atom. The highest BCUT2D eigenvalue weighted by Crippen LogP contribution is 2.17. The summed E-state index contributed by atoms with van der Waals surface area (Å²) in [4.78, 5) is 0. The summed E-state index contributed by atoms with van der Waals surface area (Å²) in [7, 11) is 2.03. The fraction of sp³-hybridized carbons (Fsp3) is 0.805. The van der Waals surface area contributed by atoms with E-state index in [0.29, 0.717) is 6.10 Å². The van der Waals surface area contributed by atoms with Gasteiger partial charge in [0.2, 0.25) is 0 Å². The van der Waals surface area contributed by atoms with Crippen LogP contribution in [-0.4, -0.2) is 26.3 Å². The van der Waals surface area contributed by atoms with Gasteiger partial charge in [-0.05, 0) is 97.1 Å². The summed E-state index contributed by atoms with van der Waals surface area (Å²) in [5.41, 5.74) is 0. The highest BCUT2D eigenvalue weighted by molar-refractivity contribution is 4.93. The molecule has 2 nitrogen and oxygen atoms in total. The van der Waals surface area contributed by atoms with Gasteiger partial charge in [0.1, 0.15) is 0 Å². The van der Waals surface area contributed by atoms with Gasteiger partial charge in [-0.2, -0.15) is 0 Å². The van der Waals surface area contributed by atoms with E-state index in [0.717, 1.165) is 32.4 Å². The van der Waals surface area contributed by atoms with E-state index in [1.54, 1.807) is 0 Å². The molecular weight excluding hydrogens is 522 g/mol. The summed E-state index contributed by atoms with van der Waals surface area (Å²) < 4.78 is 6.33. The lowest BCUT2D eigenvalue weighted by atomic mass is 10.0. The standard InChI is InChI=1S/C41H77NO/c1-4-6-8-10-12-14-16-18-20-22-24-26-28-30-32-34-37-41(43-40-36-39-42-3)38-35-33-31-29-27-25-23-21-19-17-15-13-11-9-7-5-2/h12-15,18-21,41-42H,4-11,16-17,22-40H2,1-3H3/b14-12-,15-13+,20-18-,21-19+. The highest BCUT2D eigenvalue weighted by Gasteiger charge is 2.09. The molecule has 0 spiro atoms. The molecule has 0 fully saturated rings. The molecule has 0 aliphatic heterocycles. The maximum atomic E-state index is 6.33. The SMILES string of the molecule is CCCCC/C=C\C/C=C\CCCCCCCCC(CCCCCCCC/C=C/C/C=C/CCCCC)OCCCNC. The van der Waals surface area contributed by atoms with Crippen LogP contribution in [-0.2, 0) is 4.74 Å². The topological polar surface area (TPSA) is 21.3 Å². The second kappa shape index (κ2) is 38.9. The van der Waals surface area contributed by atoms with Crippen LogP contribution in [0.3, 0.4) is 0 Å². The molecule has 1 N–H and O–H groups in total. The van der Waals surface area contributed by atoms with E-state index in [-0.39, 0.29) is 0 Å². The first-order valence-corrected chi connectivity index (χ1v) is 19.2. The molecular formula is C41H77NO. The average molecular weight is 600 g/mol. The Morgan fingerprint density at radius 2 is 0.814 bits per heavy atom. The Bertz CT molecular complexity index is 571. The molecule has 252 valence electrons. The zero-order chi connectivity index (χ0) is 31.2. The zero-order valence-electron chi connectivity index (χ0n) is 29.6. The number of hydrogen-bond donors (Lipinski definition) is 1. The zero-order valence-corrected chi connectivity index (χ0v) is 29.6. The molecule has 0 aromatic carbocycles. The third-order valence-corrected chi connectivity index (χ3v) is 8.38. The lowest BCUT2D eigenvalue weighted by molar-refractivity contribution is 0.0370. The van der Waals surface area contributed by atoms with Crippen molar-refractivity contribution in [3.63, 3.8) is 0 Å². The first-order chi connectivity index (χ1) is 21.3. The van der Waals surface area contributed by atoms with Gasteiger partial charge in [0.25, 0.3) is 0 Å². The fourth-order valence-electron chi connectivity index (χ4n) is 5.53. The number of nitrogens with one attached hydrogen (secondary N) is 1. The van der Waals surface area contributed by atoms with Crippen LogP contribution in [0.15, 0.2) is 48.6 Å². The molecule has 0 rings (SSSR count). The van der Waals surface area contributed by atoms with E-state index >= 15 is 0 Å². The first-order valence-electron chi connectivity index (χ1n) is 19.2. The van der Waals surface area contributed by atoms with E-state index < -0.39 is 0 Å². The van der Waals surface area contributed by atoms with Gasteiger partial charge in [-0.1, -0.05) is 152 Å². The van der Waals surface area contributed by atoms with Crippen LogP contribution in [0.4, 0.5) is 0 Å². The van der Waals surface area contributed by atoms with Crippen LogP contribution in [0.5, 0.6) is 0 Å². The molecule has 1 unspecified atom stereocenters. The quantitative estimate of drug-likeness (QED) is 0.0578. The molecule has 0 heterocycles. The predicted octanol–water partition coefficient (Wildman–Crippen LogP) is 13.4. The van der Waals surface area contributed by atoms with E-state index in [1.807, 2.05) is 7.05 Å². The normalized spacial score (nSPS) is 13.1. The Balaban J connectivity index is 3.76. The predicted molar refractivity (Wildman–Crippen MR) is 196 cm³/mol. The summed E-state index contributed by atoms with van der Waals surface area (Å²) in [5, 5.41) is 3.25. The van der Waals surface area contributed by atoms with E-state index in [2.05, 4.69) is 67.8 Å². The van der Waals surface area contributed by atoms with Crippen LogP contribution in [0.1, 0.15) is 187 Å². The number of rotatable bonds is 35. The van der Waals surface area contributed by atoms with Crippen molar-refractivity contribution in [3.05, 3.63) is 48.6 Å². The number of ether oxygens (including phenoxy) is 1. The summed E-state index contributed by atoms with van der Waals surface area (Å²) >= 11 is 0. The molecule has 0 aliphatic carbocycles. The lowest BCUT2D eigenvalue weighted by Gasteiger charge is -2.18. The summed E-state index contributed by atoms with van der Waals surface area (Å²) in [6, 6.07) is 0. The van der Waals surface area contributed by atoms with E-state index in [9.17, 15) is 0 Å². The monoisotopic (exact) mass is 600 g/mol. The minimum Gasteiger partial charge on any atom is -0.378 e. The van der Waals surface area contributed by atoms with Crippen LogP contribution in [0.2, 0.25) is 0 Å². The molecule has 1 atom stereocenters. The second-order valence-corrected chi connectivity index (χ2v) is 12.7. The minimum absolute atomic E-state index is 0.480. The number of hydrogen-bond acceptors (Lipinski definition) is 2. The molecule has 2 heteroatoms. The molecule has 0 radical (unpaired) electrons. The van der Waals surface area contributed by atoms with Crippen molar-refractivity contribution in [2.24, 2.45) is 0 Å². The maximum absolute atomic E-state index is 6.33. The average Bonchev–Trinajstić information content (AvgIpc) is 3.02. The van der Waals surface area contributed by atoms with Gasteiger partial charge in [0, 0.05) is 6.61 Å². The van der Waals surface area contributed by atoms with Crippen molar-refractivity contribution < 1.29 is 4.74 Å². The summed E-state index contributed by atoms with van der Waals surface area (Å²) in [5.74, 6) is 0. The summed E-state index contributed by atoms with van der Waals surface area (Å²) in [6.45, 7) is 6.51. The molecule has 0 bridgehead atoms. The second-order valence-electron chi connectivity index (χ2n) is 12.7. The van der Waals surface area contributed by atoms with E-state index in [4.69, 9.17) is 4.74 Å². The Morgan fingerprint density at radius 3 is 1.21 bits per heavy atom. The number of allylic oxidation sites excluding steroid dienone is 8. The lowest BCUT2D eigenvalue weighted by Crippen LogP contribution is -2.17. The van der Waals surface area contributed by atoms with Crippen LogP contribution < -0.4 is 5.32 Å². The largest absolute Gasteiger partial charge is 0.378 e. The van der Waals surface area contributed by atoms with Crippen molar-refractivity contribution in [2.75, 3.05) is 20.2 Å². The Hall–Kier alpha value is -1.12. The Kier molecular flexibility index (Phi) is 37.9.